The SMILES string of the molecule is CC(CO)c1csc(C2CCCO2)n1. The Morgan fingerprint density at radius 3 is 3.29 bits per heavy atom. The highest BCUT2D eigenvalue weighted by atomic mass is 32.1. The molecule has 2 unspecified atom stereocenters. The van der Waals surface area contributed by atoms with Gasteiger partial charge in [0, 0.05) is 17.9 Å². The summed E-state index contributed by atoms with van der Waals surface area (Å²) in [5.41, 5.74) is 0.989. The summed E-state index contributed by atoms with van der Waals surface area (Å²) < 4.78 is 5.55. The van der Waals surface area contributed by atoms with Crippen LogP contribution in [-0.4, -0.2) is 23.3 Å². The lowest BCUT2D eigenvalue weighted by atomic mass is 10.1. The fraction of sp³-hybridized carbons (Fsp3) is 0.700. The van der Waals surface area contributed by atoms with E-state index in [0.29, 0.717) is 0 Å². The molecule has 0 aliphatic carbocycles. The van der Waals surface area contributed by atoms with E-state index < -0.39 is 0 Å². The van der Waals surface area contributed by atoms with Crippen LogP contribution in [0.4, 0.5) is 0 Å². The van der Waals surface area contributed by atoms with Crippen LogP contribution in [0, 0.1) is 0 Å². The van der Waals surface area contributed by atoms with Crippen molar-refractivity contribution in [3.05, 3.63) is 16.1 Å². The Morgan fingerprint density at radius 2 is 2.64 bits per heavy atom. The molecule has 1 aromatic rings. The van der Waals surface area contributed by atoms with E-state index in [1.54, 1.807) is 11.3 Å². The van der Waals surface area contributed by atoms with Crippen molar-refractivity contribution in [1.82, 2.24) is 4.98 Å². The third-order valence-electron chi connectivity index (χ3n) is 2.52. The van der Waals surface area contributed by atoms with Crippen LogP contribution in [0.1, 0.15) is 42.5 Å². The lowest BCUT2D eigenvalue weighted by Crippen LogP contribution is -2.01. The number of hydrogen-bond donors (Lipinski definition) is 1. The summed E-state index contributed by atoms with van der Waals surface area (Å²) >= 11 is 1.64. The molecule has 4 heteroatoms. The molecule has 0 aromatic carbocycles. The minimum Gasteiger partial charge on any atom is -0.396 e. The van der Waals surface area contributed by atoms with Gasteiger partial charge in [-0.3, -0.25) is 0 Å². The van der Waals surface area contributed by atoms with Crippen molar-refractivity contribution in [1.29, 1.82) is 0 Å². The first-order valence-corrected chi connectivity index (χ1v) is 5.87. The maximum Gasteiger partial charge on any atom is 0.122 e. The quantitative estimate of drug-likeness (QED) is 0.836. The van der Waals surface area contributed by atoms with E-state index in [0.717, 1.165) is 30.2 Å². The summed E-state index contributed by atoms with van der Waals surface area (Å²) in [6.45, 7) is 3.00. The zero-order valence-electron chi connectivity index (χ0n) is 8.27. The first kappa shape index (κ1) is 10.1. The van der Waals surface area contributed by atoms with Crippen molar-refractivity contribution in [2.75, 3.05) is 13.2 Å². The molecule has 3 nitrogen and oxygen atoms in total. The molecule has 0 saturated carbocycles. The largest absolute Gasteiger partial charge is 0.396 e. The summed E-state index contributed by atoms with van der Waals surface area (Å²) in [6, 6.07) is 0. The molecule has 0 radical (unpaired) electrons. The van der Waals surface area contributed by atoms with E-state index in [1.165, 1.54) is 0 Å². The minimum absolute atomic E-state index is 0.140. The Hall–Kier alpha value is -0.450. The zero-order chi connectivity index (χ0) is 9.97. The fourth-order valence-electron chi connectivity index (χ4n) is 1.54. The number of hydrogen-bond acceptors (Lipinski definition) is 4. The maximum atomic E-state index is 9.00. The van der Waals surface area contributed by atoms with Gasteiger partial charge < -0.3 is 9.84 Å². The second kappa shape index (κ2) is 4.38. The van der Waals surface area contributed by atoms with Crippen LogP contribution < -0.4 is 0 Å². The summed E-state index contributed by atoms with van der Waals surface area (Å²) in [6.07, 6.45) is 2.43. The molecule has 2 atom stereocenters. The van der Waals surface area contributed by atoms with Crippen LogP contribution in [0.5, 0.6) is 0 Å². The van der Waals surface area contributed by atoms with Gasteiger partial charge in [0.1, 0.15) is 11.1 Å². The molecule has 1 fully saturated rings. The van der Waals surface area contributed by atoms with Gasteiger partial charge in [0.2, 0.25) is 0 Å². The molecule has 2 rings (SSSR count). The lowest BCUT2D eigenvalue weighted by molar-refractivity contribution is 0.111. The first-order chi connectivity index (χ1) is 6.81. The van der Waals surface area contributed by atoms with Crippen molar-refractivity contribution in [3.63, 3.8) is 0 Å². The van der Waals surface area contributed by atoms with Crippen molar-refractivity contribution < 1.29 is 9.84 Å². The topological polar surface area (TPSA) is 42.4 Å². The molecule has 1 saturated heterocycles. The monoisotopic (exact) mass is 213 g/mol. The van der Waals surface area contributed by atoms with E-state index >= 15 is 0 Å². The van der Waals surface area contributed by atoms with E-state index in [9.17, 15) is 0 Å². The Bertz CT molecular complexity index is 294. The Kier molecular flexibility index (Phi) is 3.15. The third kappa shape index (κ3) is 1.97. The lowest BCUT2D eigenvalue weighted by Gasteiger charge is -2.05. The van der Waals surface area contributed by atoms with Gasteiger partial charge >= 0.3 is 0 Å². The minimum atomic E-state index is 0.140. The number of aliphatic hydroxyl groups is 1. The van der Waals surface area contributed by atoms with Gasteiger partial charge in [0.25, 0.3) is 0 Å². The first-order valence-electron chi connectivity index (χ1n) is 4.99. The molecule has 1 aliphatic rings. The molecule has 1 aromatic heterocycles. The highest BCUT2D eigenvalue weighted by Crippen LogP contribution is 2.31. The normalized spacial score (nSPS) is 24.0. The van der Waals surface area contributed by atoms with Crippen molar-refractivity contribution in [2.45, 2.75) is 31.8 Å². The van der Waals surface area contributed by atoms with Crippen LogP contribution in [0.2, 0.25) is 0 Å². The Balaban J connectivity index is 2.08. The summed E-state index contributed by atoms with van der Waals surface area (Å²) in [5.74, 6) is 0.140. The standard InChI is InChI=1S/C10H15NO2S/c1-7(5-12)8-6-14-10(11-8)9-3-2-4-13-9/h6-7,9,12H,2-5H2,1H3. The summed E-state index contributed by atoms with van der Waals surface area (Å²) in [7, 11) is 0. The van der Waals surface area contributed by atoms with E-state index in [-0.39, 0.29) is 18.6 Å². The number of rotatable bonds is 3. The molecule has 1 aliphatic heterocycles. The van der Waals surface area contributed by atoms with Gasteiger partial charge in [-0.15, -0.1) is 11.3 Å². The molecule has 78 valence electrons. The fourth-order valence-corrected chi connectivity index (χ4v) is 2.56. The number of thiazole rings is 1. The van der Waals surface area contributed by atoms with Crippen molar-refractivity contribution in [2.24, 2.45) is 0 Å². The van der Waals surface area contributed by atoms with Crippen molar-refractivity contribution >= 4 is 11.3 Å². The van der Waals surface area contributed by atoms with Crippen molar-refractivity contribution in [3.8, 4) is 0 Å². The van der Waals surface area contributed by atoms with E-state index in [1.807, 2.05) is 12.3 Å². The van der Waals surface area contributed by atoms with Gasteiger partial charge in [0.15, 0.2) is 0 Å². The van der Waals surface area contributed by atoms with Crippen LogP contribution in [-0.2, 0) is 4.74 Å². The predicted octanol–water partition coefficient (Wildman–Crippen LogP) is 2.09. The second-order valence-electron chi connectivity index (χ2n) is 3.70. The highest BCUT2D eigenvalue weighted by Gasteiger charge is 2.21. The molecule has 1 N–H and O–H groups in total. The molecule has 0 amide bonds. The number of nitrogens with zero attached hydrogens (tertiary/aromatic N) is 1. The average molecular weight is 213 g/mol. The molecular weight excluding hydrogens is 198 g/mol. The Labute approximate surface area is 87.7 Å². The maximum absolute atomic E-state index is 9.00. The Morgan fingerprint density at radius 1 is 1.79 bits per heavy atom. The molecule has 14 heavy (non-hydrogen) atoms. The molecule has 0 bridgehead atoms. The molecule has 0 spiro atoms. The van der Waals surface area contributed by atoms with Gasteiger partial charge in [0.05, 0.1) is 12.3 Å². The number of ether oxygens (including phenoxy) is 1. The van der Waals surface area contributed by atoms with Crippen LogP contribution in [0.3, 0.4) is 0 Å². The predicted molar refractivity (Wildman–Crippen MR) is 55.5 cm³/mol. The van der Waals surface area contributed by atoms with Gasteiger partial charge in [-0.2, -0.15) is 0 Å². The summed E-state index contributed by atoms with van der Waals surface area (Å²) in [4.78, 5) is 4.50. The van der Waals surface area contributed by atoms with Gasteiger partial charge in [-0.05, 0) is 12.8 Å². The van der Waals surface area contributed by atoms with Gasteiger partial charge in [-0.1, -0.05) is 6.92 Å². The van der Waals surface area contributed by atoms with Crippen LogP contribution in [0.15, 0.2) is 5.38 Å². The van der Waals surface area contributed by atoms with E-state index in [2.05, 4.69) is 4.98 Å². The molecular formula is C10H15NO2S. The average Bonchev–Trinajstić information content (AvgIpc) is 2.86. The second-order valence-corrected chi connectivity index (χ2v) is 4.59. The number of aliphatic hydroxyl groups excluding tert-OH is 1. The van der Waals surface area contributed by atoms with E-state index in [4.69, 9.17) is 9.84 Å². The zero-order valence-corrected chi connectivity index (χ0v) is 9.09. The highest BCUT2D eigenvalue weighted by molar-refractivity contribution is 7.09. The number of aromatic nitrogens is 1. The summed E-state index contributed by atoms with van der Waals surface area (Å²) in [5, 5.41) is 12.1. The van der Waals surface area contributed by atoms with Crippen LogP contribution >= 0.6 is 11.3 Å². The molecule has 2 heterocycles. The van der Waals surface area contributed by atoms with Crippen LogP contribution in [0.25, 0.3) is 0 Å². The van der Waals surface area contributed by atoms with Gasteiger partial charge in [-0.25, -0.2) is 4.98 Å². The smallest absolute Gasteiger partial charge is 0.122 e. The third-order valence-corrected chi connectivity index (χ3v) is 3.48.